The average Bonchev–Trinajstić information content (AvgIpc) is 2.80. The topological polar surface area (TPSA) is 52.7 Å². The van der Waals surface area contributed by atoms with Crippen LogP contribution in [0.4, 0.5) is 5.69 Å². The maximum absolute atomic E-state index is 12.7. The molecule has 1 aliphatic rings. The largest absolute Gasteiger partial charge is 0.339 e. The Morgan fingerprint density at radius 1 is 0.875 bits per heavy atom. The Hall–Kier alpha value is -2.83. The molecule has 2 amide bonds. The highest BCUT2D eigenvalue weighted by molar-refractivity contribution is 8.00. The molecule has 1 saturated heterocycles. The van der Waals surface area contributed by atoms with Gasteiger partial charge in [-0.15, -0.1) is 11.8 Å². The number of benzene rings is 3. The van der Waals surface area contributed by atoms with E-state index in [-0.39, 0.29) is 11.8 Å². The van der Waals surface area contributed by atoms with Crippen LogP contribution in [0.3, 0.4) is 0 Å². The molecule has 0 spiro atoms. The second-order valence-corrected chi connectivity index (χ2v) is 9.32. The second-order valence-electron chi connectivity index (χ2n) is 8.27. The summed E-state index contributed by atoms with van der Waals surface area (Å²) in [7, 11) is 0. The SMILES string of the molecule is Cc1cccc(C)c1NC(=O)CN1CCN(C(=O)CSc2ccc3ccccc3c2)CC1. The van der Waals surface area contributed by atoms with Crippen molar-refractivity contribution in [1.82, 2.24) is 9.80 Å². The lowest BCUT2D eigenvalue weighted by molar-refractivity contribution is -0.130. The standard InChI is InChI=1S/C26H29N3O2S/c1-19-6-5-7-20(2)26(19)27-24(30)17-28-12-14-29(15-13-28)25(31)18-32-23-11-10-21-8-3-4-9-22(21)16-23/h3-11,16H,12-15,17-18H2,1-2H3,(H,27,30). The molecule has 1 fully saturated rings. The summed E-state index contributed by atoms with van der Waals surface area (Å²) < 4.78 is 0. The summed E-state index contributed by atoms with van der Waals surface area (Å²) in [5.41, 5.74) is 3.03. The molecule has 1 aliphatic heterocycles. The predicted molar refractivity (Wildman–Crippen MR) is 132 cm³/mol. The Labute approximate surface area is 193 Å². The summed E-state index contributed by atoms with van der Waals surface area (Å²) in [5.74, 6) is 0.586. The zero-order valence-corrected chi connectivity index (χ0v) is 19.5. The Morgan fingerprint density at radius 2 is 1.56 bits per heavy atom. The van der Waals surface area contributed by atoms with Crippen molar-refractivity contribution in [3.8, 4) is 0 Å². The van der Waals surface area contributed by atoms with E-state index in [2.05, 4.69) is 40.5 Å². The van der Waals surface area contributed by atoms with Gasteiger partial charge in [0.1, 0.15) is 0 Å². The number of hydrogen-bond donors (Lipinski definition) is 1. The highest BCUT2D eigenvalue weighted by Crippen LogP contribution is 2.24. The van der Waals surface area contributed by atoms with Crippen molar-refractivity contribution in [2.24, 2.45) is 0 Å². The Morgan fingerprint density at radius 3 is 2.28 bits per heavy atom. The molecule has 0 radical (unpaired) electrons. The number of amides is 2. The van der Waals surface area contributed by atoms with Crippen molar-refractivity contribution in [1.29, 1.82) is 0 Å². The van der Waals surface area contributed by atoms with Gasteiger partial charge in [-0.25, -0.2) is 0 Å². The molecule has 3 aromatic carbocycles. The monoisotopic (exact) mass is 447 g/mol. The first-order valence-electron chi connectivity index (χ1n) is 11.0. The quantitative estimate of drug-likeness (QED) is 0.572. The van der Waals surface area contributed by atoms with Crippen LogP contribution in [0.2, 0.25) is 0 Å². The summed E-state index contributed by atoms with van der Waals surface area (Å²) in [6, 6.07) is 20.6. The highest BCUT2D eigenvalue weighted by Gasteiger charge is 2.22. The number of hydrogen-bond acceptors (Lipinski definition) is 4. The number of carbonyl (C=O) groups excluding carboxylic acids is 2. The van der Waals surface area contributed by atoms with Gasteiger partial charge in [0.2, 0.25) is 11.8 Å². The molecule has 0 aliphatic carbocycles. The predicted octanol–water partition coefficient (Wildman–Crippen LogP) is 4.33. The first-order valence-corrected chi connectivity index (χ1v) is 12.0. The fourth-order valence-electron chi connectivity index (χ4n) is 4.04. The highest BCUT2D eigenvalue weighted by atomic mass is 32.2. The van der Waals surface area contributed by atoms with Crippen LogP contribution >= 0.6 is 11.8 Å². The van der Waals surface area contributed by atoms with Gasteiger partial charge in [-0.3, -0.25) is 14.5 Å². The van der Waals surface area contributed by atoms with E-state index in [1.807, 2.05) is 49.1 Å². The number of fused-ring (bicyclic) bond motifs is 1. The zero-order chi connectivity index (χ0) is 22.5. The van der Waals surface area contributed by atoms with Gasteiger partial charge in [0.05, 0.1) is 12.3 Å². The average molecular weight is 448 g/mol. The van der Waals surface area contributed by atoms with E-state index in [0.29, 0.717) is 38.5 Å². The lowest BCUT2D eigenvalue weighted by Gasteiger charge is -2.34. The maximum atomic E-state index is 12.7. The summed E-state index contributed by atoms with van der Waals surface area (Å²) >= 11 is 1.58. The molecular weight excluding hydrogens is 418 g/mol. The molecule has 3 aromatic rings. The van der Waals surface area contributed by atoms with Gasteiger partial charge >= 0.3 is 0 Å². The Kier molecular flexibility index (Phi) is 7.12. The minimum absolute atomic E-state index is 0.00552. The number of piperazine rings is 1. The van der Waals surface area contributed by atoms with Gasteiger partial charge in [-0.05, 0) is 47.9 Å². The maximum Gasteiger partial charge on any atom is 0.238 e. The van der Waals surface area contributed by atoms with Crippen molar-refractivity contribution in [2.75, 3.05) is 43.8 Å². The third-order valence-corrected chi connectivity index (χ3v) is 6.90. The minimum Gasteiger partial charge on any atom is -0.339 e. The van der Waals surface area contributed by atoms with E-state index in [1.165, 1.54) is 10.8 Å². The van der Waals surface area contributed by atoms with Crippen LogP contribution in [-0.4, -0.2) is 60.1 Å². The smallest absolute Gasteiger partial charge is 0.238 e. The first-order chi connectivity index (χ1) is 15.5. The van der Waals surface area contributed by atoms with E-state index in [4.69, 9.17) is 0 Å². The molecule has 0 aromatic heterocycles. The zero-order valence-electron chi connectivity index (χ0n) is 18.6. The number of rotatable bonds is 6. The Balaban J connectivity index is 1.23. The summed E-state index contributed by atoms with van der Waals surface area (Å²) in [6.07, 6.45) is 0. The van der Waals surface area contributed by atoms with Crippen LogP contribution in [0.1, 0.15) is 11.1 Å². The lowest BCUT2D eigenvalue weighted by Crippen LogP contribution is -2.50. The van der Waals surface area contributed by atoms with Crippen LogP contribution in [0.25, 0.3) is 10.8 Å². The molecular formula is C26H29N3O2S. The molecule has 0 atom stereocenters. The number of nitrogens with zero attached hydrogens (tertiary/aromatic N) is 2. The third kappa shape index (κ3) is 5.50. The number of thioether (sulfide) groups is 1. The fourth-order valence-corrected chi connectivity index (χ4v) is 4.89. The molecule has 5 nitrogen and oxygen atoms in total. The molecule has 6 heteroatoms. The van der Waals surface area contributed by atoms with Crippen LogP contribution in [-0.2, 0) is 9.59 Å². The Bertz CT molecular complexity index is 1100. The van der Waals surface area contributed by atoms with Crippen molar-refractivity contribution in [2.45, 2.75) is 18.7 Å². The van der Waals surface area contributed by atoms with E-state index in [1.54, 1.807) is 11.8 Å². The van der Waals surface area contributed by atoms with Crippen molar-refractivity contribution < 1.29 is 9.59 Å². The van der Waals surface area contributed by atoms with E-state index in [9.17, 15) is 9.59 Å². The minimum atomic E-state index is -0.00552. The molecule has 1 N–H and O–H groups in total. The molecule has 166 valence electrons. The normalized spacial score (nSPS) is 14.5. The number of nitrogens with one attached hydrogen (secondary N) is 1. The van der Waals surface area contributed by atoms with Gasteiger partial charge < -0.3 is 10.2 Å². The summed E-state index contributed by atoms with van der Waals surface area (Å²) in [4.78, 5) is 30.3. The summed E-state index contributed by atoms with van der Waals surface area (Å²) in [6.45, 7) is 7.11. The molecule has 0 bridgehead atoms. The molecule has 1 heterocycles. The summed E-state index contributed by atoms with van der Waals surface area (Å²) in [5, 5.41) is 5.45. The van der Waals surface area contributed by atoms with Crippen LogP contribution in [0, 0.1) is 13.8 Å². The van der Waals surface area contributed by atoms with Crippen LogP contribution in [0.15, 0.2) is 65.6 Å². The number of para-hydroxylation sites is 1. The van der Waals surface area contributed by atoms with Gasteiger partial charge in [0.15, 0.2) is 0 Å². The lowest BCUT2D eigenvalue weighted by atomic mass is 10.1. The van der Waals surface area contributed by atoms with Crippen molar-refractivity contribution >= 4 is 40.0 Å². The van der Waals surface area contributed by atoms with E-state index in [0.717, 1.165) is 21.7 Å². The van der Waals surface area contributed by atoms with Crippen molar-refractivity contribution in [3.63, 3.8) is 0 Å². The number of anilines is 1. The molecule has 0 saturated carbocycles. The number of aryl methyl sites for hydroxylation is 2. The molecule has 0 unspecified atom stereocenters. The van der Waals surface area contributed by atoms with Gasteiger partial charge in [-0.1, -0.05) is 48.5 Å². The van der Waals surface area contributed by atoms with E-state index >= 15 is 0 Å². The number of carbonyl (C=O) groups is 2. The van der Waals surface area contributed by atoms with Crippen molar-refractivity contribution in [3.05, 3.63) is 71.8 Å². The van der Waals surface area contributed by atoms with Gasteiger partial charge in [0.25, 0.3) is 0 Å². The first kappa shape index (κ1) is 22.4. The van der Waals surface area contributed by atoms with E-state index < -0.39 is 0 Å². The van der Waals surface area contributed by atoms with Crippen LogP contribution in [0.5, 0.6) is 0 Å². The fraction of sp³-hybridized carbons (Fsp3) is 0.308. The third-order valence-electron chi connectivity index (χ3n) is 5.92. The van der Waals surface area contributed by atoms with Crippen LogP contribution < -0.4 is 5.32 Å². The molecule has 4 rings (SSSR count). The van der Waals surface area contributed by atoms with Gasteiger partial charge in [0, 0.05) is 36.8 Å². The molecule has 32 heavy (non-hydrogen) atoms. The van der Waals surface area contributed by atoms with Gasteiger partial charge in [-0.2, -0.15) is 0 Å². The second kappa shape index (κ2) is 10.2.